The molecule has 3 N–H and O–H groups in total. The topological polar surface area (TPSA) is 65.9 Å². The Morgan fingerprint density at radius 2 is 2.21 bits per heavy atom. The van der Waals surface area contributed by atoms with E-state index in [4.69, 9.17) is 4.74 Å². The summed E-state index contributed by atoms with van der Waals surface area (Å²) in [7, 11) is 3.39. The summed E-state index contributed by atoms with van der Waals surface area (Å²) in [6.45, 7) is 2.72. The smallest absolute Gasteiger partial charge is 0.191 e. The van der Waals surface area contributed by atoms with E-state index in [1.807, 2.05) is 17.8 Å². The van der Waals surface area contributed by atoms with Gasteiger partial charge in [-0.05, 0) is 43.2 Å². The molecule has 2 rings (SSSR count). The molecule has 0 heterocycles. The van der Waals surface area contributed by atoms with Crippen molar-refractivity contribution in [1.82, 2.24) is 10.6 Å². The first-order valence-corrected chi connectivity index (χ1v) is 9.15. The molecule has 0 bridgehead atoms. The number of phenolic OH excluding ortho intramolecular Hbond substituents is 1. The van der Waals surface area contributed by atoms with E-state index in [0.29, 0.717) is 12.6 Å². The van der Waals surface area contributed by atoms with Gasteiger partial charge >= 0.3 is 0 Å². The summed E-state index contributed by atoms with van der Waals surface area (Å²) in [6.07, 6.45) is 3.64. The number of guanidine groups is 1. The van der Waals surface area contributed by atoms with Crippen LogP contribution in [0.4, 0.5) is 0 Å². The number of halogens is 1. The van der Waals surface area contributed by atoms with E-state index in [1.165, 1.54) is 25.0 Å². The average Bonchev–Trinajstić information content (AvgIpc) is 3.00. The van der Waals surface area contributed by atoms with Gasteiger partial charge in [-0.15, -0.1) is 24.0 Å². The van der Waals surface area contributed by atoms with Gasteiger partial charge < -0.3 is 20.5 Å². The van der Waals surface area contributed by atoms with Crippen LogP contribution in [0.15, 0.2) is 23.2 Å². The van der Waals surface area contributed by atoms with Gasteiger partial charge in [-0.3, -0.25) is 4.99 Å². The zero-order valence-electron chi connectivity index (χ0n) is 14.5. The van der Waals surface area contributed by atoms with Gasteiger partial charge in [-0.2, -0.15) is 11.8 Å². The number of aromatic hydroxyl groups is 1. The van der Waals surface area contributed by atoms with Crippen LogP contribution in [-0.2, 0) is 6.54 Å². The number of benzene rings is 1. The number of aliphatic imine (C=N–C) groups is 1. The molecule has 2 unspecified atom stereocenters. The maximum Gasteiger partial charge on any atom is 0.191 e. The Morgan fingerprint density at radius 3 is 2.88 bits per heavy atom. The molecule has 1 aliphatic rings. The number of nitrogens with one attached hydrogen (secondary N) is 2. The summed E-state index contributed by atoms with van der Waals surface area (Å²) in [4.78, 5) is 4.28. The van der Waals surface area contributed by atoms with Crippen LogP contribution >= 0.6 is 35.7 Å². The number of methoxy groups -OCH3 is 1. The second-order valence-corrected chi connectivity index (χ2v) is 7.23. The fraction of sp³-hybridized carbons (Fsp3) is 0.588. The number of hydrogen-bond acceptors (Lipinski definition) is 4. The number of rotatable bonds is 6. The molecular formula is C17H28IN3O2S. The van der Waals surface area contributed by atoms with Gasteiger partial charge in [-0.25, -0.2) is 0 Å². The fourth-order valence-corrected chi connectivity index (χ4v) is 4.00. The second-order valence-electron chi connectivity index (χ2n) is 5.65. The van der Waals surface area contributed by atoms with Crippen LogP contribution in [0.2, 0.25) is 0 Å². The number of hydrogen-bond donors (Lipinski definition) is 3. The van der Waals surface area contributed by atoms with E-state index in [9.17, 15) is 5.11 Å². The van der Waals surface area contributed by atoms with Gasteiger partial charge in [0.1, 0.15) is 11.5 Å². The number of nitrogens with zero attached hydrogens (tertiary/aromatic N) is 1. The summed E-state index contributed by atoms with van der Waals surface area (Å²) in [5, 5.41) is 17.5. The van der Waals surface area contributed by atoms with Gasteiger partial charge in [0, 0.05) is 30.4 Å². The zero-order chi connectivity index (χ0) is 16.7. The van der Waals surface area contributed by atoms with E-state index < -0.39 is 0 Å². The Kier molecular flexibility index (Phi) is 9.65. The summed E-state index contributed by atoms with van der Waals surface area (Å²) in [6, 6.07) is 5.70. The first-order valence-electron chi connectivity index (χ1n) is 8.11. The normalized spacial score (nSPS) is 20.4. The van der Waals surface area contributed by atoms with Crippen molar-refractivity contribution in [1.29, 1.82) is 0 Å². The van der Waals surface area contributed by atoms with Gasteiger partial charge in [-0.1, -0.05) is 6.92 Å². The van der Waals surface area contributed by atoms with Crippen LogP contribution in [0.25, 0.3) is 0 Å². The quantitative estimate of drug-likeness (QED) is 0.342. The Bertz CT molecular complexity index is 543. The molecule has 2 atom stereocenters. The van der Waals surface area contributed by atoms with Crippen molar-refractivity contribution in [2.45, 2.75) is 44.0 Å². The third kappa shape index (κ3) is 6.23. The molecule has 0 saturated heterocycles. The van der Waals surface area contributed by atoms with Gasteiger partial charge in [0.15, 0.2) is 5.96 Å². The Morgan fingerprint density at radius 1 is 1.42 bits per heavy atom. The maximum atomic E-state index is 9.94. The molecule has 1 aromatic carbocycles. The van der Waals surface area contributed by atoms with Crippen molar-refractivity contribution >= 4 is 41.7 Å². The van der Waals surface area contributed by atoms with Crippen LogP contribution in [-0.4, -0.2) is 42.3 Å². The highest BCUT2D eigenvalue weighted by atomic mass is 127. The van der Waals surface area contributed by atoms with Gasteiger partial charge in [0.05, 0.1) is 7.11 Å². The van der Waals surface area contributed by atoms with Crippen LogP contribution < -0.4 is 15.4 Å². The predicted octanol–water partition coefficient (Wildman–Crippen LogP) is 3.36. The van der Waals surface area contributed by atoms with E-state index in [1.54, 1.807) is 26.3 Å². The molecule has 0 amide bonds. The zero-order valence-corrected chi connectivity index (χ0v) is 17.7. The summed E-state index contributed by atoms with van der Waals surface area (Å²) in [5.41, 5.74) is 0.790. The standard InChI is InChI=1S/C17H27N3O2S.HI/c1-4-23-15-7-5-13(10-15)20-17(18-2)19-11-12-9-14(22-3)6-8-16(12)21;/h6,8-9,13,15,21H,4-5,7,10-11H2,1-3H3,(H2,18,19,20);1H. The molecule has 0 spiro atoms. The number of thioether (sulfide) groups is 1. The minimum atomic E-state index is 0. The highest BCUT2D eigenvalue weighted by molar-refractivity contribution is 14.0. The largest absolute Gasteiger partial charge is 0.508 e. The molecule has 1 aromatic rings. The third-order valence-electron chi connectivity index (χ3n) is 4.08. The van der Waals surface area contributed by atoms with Crippen molar-refractivity contribution in [3.63, 3.8) is 0 Å². The van der Waals surface area contributed by atoms with Crippen molar-refractivity contribution in [3.8, 4) is 11.5 Å². The highest BCUT2D eigenvalue weighted by Gasteiger charge is 2.25. The molecule has 136 valence electrons. The summed E-state index contributed by atoms with van der Waals surface area (Å²) < 4.78 is 5.20. The minimum Gasteiger partial charge on any atom is -0.508 e. The molecular weight excluding hydrogens is 437 g/mol. The molecule has 5 nitrogen and oxygen atoms in total. The predicted molar refractivity (Wildman–Crippen MR) is 113 cm³/mol. The van der Waals surface area contributed by atoms with Crippen LogP contribution in [0.1, 0.15) is 31.7 Å². The van der Waals surface area contributed by atoms with E-state index in [0.717, 1.165) is 22.5 Å². The van der Waals surface area contributed by atoms with Crippen LogP contribution in [0, 0.1) is 0 Å². The Balaban J connectivity index is 0.00000288. The molecule has 7 heteroatoms. The molecule has 1 aliphatic carbocycles. The van der Waals surface area contributed by atoms with Gasteiger partial charge in [0.25, 0.3) is 0 Å². The Labute approximate surface area is 166 Å². The van der Waals surface area contributed by atoms with Gasteiger partial charge in [0.2, 0.25) is 0 Å². The number of ether oxygens (including phenoxy) is 1. The third-order valence-corrected chi connectivity index (χ3v) is 5.32. The molecule has 0 aliphatic heterocycles. The molecule has 0 aromatic heterocycles. The minimum absolute atomic E-state index is 0. The monoisotopic (exact) mass is 465 g/mol. The van der Waals surface area contributed by atoms with Crippen molar-refractivity contribution in [3.05, 3.63) is 23.8 Å². The molecule has 1 fully saturated rings. The fourth-order valence-electron chi connectivity index (χ4n) is 2.86. The molecule has 0 radical (unpaired) electrons. The average molecular weight is 465 g/mol. The Hall–Kier alpha value is -0.830. The molecule has 1 saturated carbocycles. The van der Waals surface area contributed by atoms with Crippen molar-refractivity contribution < 1.29 is 9.84 Å². The highest BCUT2D eigenvalue weighted by Crippen LogP contribution is 2.29. The lowest BCUT2D eigenvalue weighted by Crippen LogP contribution is -2.42. The van der Waals surface area contributed by atoms with Crippen molar-refractivity contribution in [2.24, 2.45) is 4.99 Å². The lowest BCUT2D eigenvalue weighted by molar-refractivity contribution is 0.410. The van der Waals surface area contributed by atoms with Crippen LogP contribution in [0.3, 0.4) is 0 Å². The maximum absolute atomic E-state index is 9.94. The van der Waals surface area contributed by atoms with E-state index >= 15 is 0 Å². The first kappa shape index (κ1) is 21.2. The van der Waals surface area contributed by atoms with Crippen molar-refractivity contribution in [2.75, 3.05) is 19.9 Å². The summed E-state index contributed by atoms with van der Waals surface area (Å²) >= 11 is 2.05. The van der Waals surface area contributed by atoms with E-state index in [2.05, 4.69) is 22.5 Å². The lowest BCUT2D eigenvalue weighted by atomic mass is 10.2. The lowest BCUT2D eigenvalue weighted by Gasteiger charge is -2.18. The van der Waals surface area contributed by atoms with Crippen LogP contribution in [0.5, 0.6) is 11.5 Å². The number of phenols is 1. The summed E-state index contributed by atoms with van der Waals surface area (Å²) in [5.74, 6) is 2.95. The second kappa shape index (κ2) is 10.9. The van der Waals surface area contributed by atoms with E-state index in [-0.39, 0.29) is 29.7 Å². The molecule has 24 heavy (non-hydrogen) atoms. The first-order chi connectivity index (χ1) is 11.2. The SMILES string of the molecule is CCSC1CCC(NC(=NC)NCc2cc(OC)ccc2O)C1.I.